The topological polar surface area (TPSA) is 78.5 Å². The van der Waals surface area contributed by atoms with Crippen LogP contribution in [0.3, 0.4) is 0 Å². The summed E-state index contributed by atoms with van der Waals surface area (Å²) in [6.07, 6.45) is -0.655. The lowest BCUT2D eigenvalue weighted by Crippen LogP contribution is -2.17. The Morgan fingerprint density at radius 1 is 1.22 bits per heavy atom. The van der Waals surface area contributed by atoms with Crippen LogP contribution in [0, 0.1) is 0 Å². The van der Waals surface area contributed by atoms with Crippen LogP contribution >= 0.6 is 0 Å². The molecule has 6 heteroatoms. The van der Waals surface area contributed by atoms with Crippen molar-refractivity contribution in [2.75, 3.05) is 18.2 Å². The van der Waals surface area contributed by atoms with Crippen LogP contribution in [0.5, 0.6) is 5.75 Å². The summed E-state index contributed by atoms with van der Waals surface area (Å²) in [5.74, 6) is 0.785. The highest BCUT2D eigenvalue weighted by molar-refractivity contribution is 6.02. The monoisotopic (exact) mass is 367 g/mol. The summed E-state index contributed by atoms with van der Waals surface area (Å²) in [6.45, 7) is 6.45. The quantitative estimate of drug-likeness (QED) is 0.674. The zero-order valence-corrected chi connectivity index (χ0v) is 16.1. The maximum Gasteiger partial charge on any atom is 0.411 e. The fraction of sp³-hybridized carbons (Fsp3) is 0.286. The molecule has 142 valence electrons. The maximum absolute atomic E-state index is 11.9. The predicted molar refractivity (Wildman–Crippen MR) is 109 cm³/mol. The minimum Gasteiger partial charge on any atom is -0.497 e. The Morgan fingerprint density at radius 3 is 2.67 bits per heavy atom. The molecule has 0 aliphatic carbocycles. The lowest BCUT2D eigenvalue weighted by molar-refractivity contribution is 0.130. The number of hydrogen-bond donors (Lipinski definition) is 2. The third-order valence-electron chi connectivity index (χ3n) is 4.35. The van der Waals surface area contributed by atoms with Crippen molar-refractivity contribution in [3.05, 3.63) is 42.5 Å². The van der Waals surface area contributed by atoms with Crippen LogP contribution in [0.1, 0.15) is 20.8 Å². The Morgan fingerprint density at radius 2 is 2.00 bits per heavy atom. The summed E-state index contributed by atoms with van der Waals surface area (Å²) < 4.78 is 12.7. The predicted octanol–water partition coefficient (Wildman–Crippen LogP) is 4.88. The average Bonchev–Trinajstić information content (AvgIpc) is 2.92. The first-order valence-corrected chi connectivity index (χ1v) is 8.98. The lowest BCUT2D eigenvalue weighted by atomic mass is 10.1. The number of anilines is 2. The molecule has 3 N–H and O–H groups in total. The minimum absolute atomic E-state index is 0.179. The number of nitrogens with one attached hydrogen (secondary N) is 1. The van der Waals surface area contributed by atoms with Crippen molar-refractivity contribution in [3.63, 3.8) is 0 Å². The Labute approximate surface area is 158 Å². The lowest BCUT2D eigenvalue weighted by Gasteiger charge is -2.12. The van der Waals surface area contributed by atoms with Crippen LogP contribution in [0.4, 0.5) is 16.2 Å². The summed E-state index contributed by atoms with van der Waals surface area (Å²) in [6, 6.07) is 13.5. The van der Waals surface area contributed by atoms with E-state index < -0.39 is 6.09 Å². The molecule has 1 amide bonds. The SMILES string of the molecule is CCn1c(-c2cccc(NC(=O)OC(C)C)c2)c(N)c2ccc(OC)cc21. The number of amides is 1. The van der Waals surface area contributed by atoms with Gasteiger partial charge in [0.05, 0.1) is 30.1 Å². The van der Waals surface area contributed by atoms with Gasteiger partial charge in [0.25, 0.3) is 0 Å². The van der Waals surface area contributed by atoms with E-state index >= 15 is 0 Å². The van der Waals surface area contributed by atoms with Gasteiger partial charge in [0, 0.05) is 29.2 Å². The number of ether oxygens (including phenoxy) is 2. The van der Waals surface area contributed by atoms with E-state index in [0.29, 0.717) is 11.4 Å². The van der Waals surface area contributed by atoms with E-state index in [2.05, 4.69) is 16.8 Å². The highest BCUT2D eigenvalue weighted by atomic mass is 16.6. The summed E-state index contributed by atoms with van der Waals surface area (Å²) in [4.78, 5) is 11.9. The molecule has 6 nitrogen and oxygen atoms in total. The number of aryl methyl sites for hydroxylation is 1. The van der Waals surface area contributed by atoms with Crippen molar-refractivity contribution in [3.8, 4) is 17.0 Å². The highest BCUT2D eigenvalue weighted by Crippen LogP contribution is 2.38. The number of benzene rings is 2. The number of nitrogens with two attached hydrogens (primary N) is 1. The van der Waals surface area contributed by atoms with Gasteiger partial charge in [0.15, 0.2) is 0 Å². The Balaban J connectivity index is 2.06. The summed E-state index contributed by atoms with van der Waals surface area (Å²) >= 11 is 0. The molecule has 0 unspecified atom stereocenters. The Kier molecular flexibility index (Phi) is 5.26. The normalized spacial score (nSPS) is 11.0. The van der Waals surface area contributed by atoms with E-state index in [0.717, 1.165) is 34.5 Å². The maximum atomic E-state index is 11.9. The Hall–Kier alpha value is -3.15. The van der Waals surface area contributed by atoms with Gasteiger partial charge in [-0.15, -0.1) is 0 Å². The zero-order valence-electron chi connectivity index (χ0n) is 16.1. The molecule has 0 aliphatic heterocycles. The second kappa shape index (κ2) is 7.61. The van der Waals surface area contributed by atoms with E-state index in [1.807, 2.05) is 56.3 Å². The largest absolute Gasteiger partial charge is 0.497 e. The molecule has 0 bridgehead atoms. The molecular weight excluding hydrogens is 342 g/mol. The van der Waals surface area contributed by atoms with E-state index in [1.165, 1.54) is 0 Å². The van der Waals surface area contributed by atoms with Crippen LogP contribution < -0.4 is 15.8 Å². The molecular formula is C21H25N3O3. The molecule has 1 heterocycles. The number of nitrogen functional groups attached to an aromatic ring is 1. The van der Waals surface area contributed by atoms with Crippen LogP contribution in [0.2, 0.25) is 0 Å². The molecule has 2 aromatic carbocycles. The van der Waals surface area contributed by atoms with E-state index in [-0.39, 0.29) is 6.10 Å². The molecule has 0 saturated heterocycles. The first-order valence-electron chi connectivity index (χ1n) is 8.98. The molecule has 0 radical (unpaired) electrons. The van der Waals surface area contributed by atoms with Gasteiger partial charge < -0.3 is 19.8 Å². The van der Waals surface area contributed by atoms with E-state index in [1.54, 1.807) is 7.11 Å². The fourth-order valence-corrected chi connectivity index (χ4v) is 3.23. The molecule has 0 fully saturated rings. The zero-order chi connectivity index (χ0) is 19.6. The molecule has 27 heavy (non-hydrogen) atoms. The van der Waals surface area contributed by atoms with Crippen molar-refractivity contribution < 1.29 is 14.3 Å². The van der Waals surface area contributed by atoms with Crippen molar-refractivity contribution in [1.82, 2.24) is 4.57 Å². The fourth-order valence-electron chi connectivity index (χ4n) is 3.23. The first kappa shape index (κ1) is 18.6. The van der Waals surface area contributed by atoms with Crippen molar-refractivity contribution >= 4 is 28.4 Å². The molecule has 1 aromatic heterocycles. The minimum atomic E-state index is -0.476. The van der Waals surface area contributed by atoms with Gasteiger partial charge >= 0.3 is 6.09 Å². The number of carbonyl (C=O) groups excluding carboxylic acids is 1. The number of fused-ring (bicyclic) bond motifs is 1. The second-order valence-electron chi connectivity index (χ2n) is 6.55. The third-order valence-corrected chi connectivity index (χ3v) is 4.35. The number of nitrogens with zero attached hydrogens (tertiary/aromatic N) is 1. The first-order chi connectivity index (χ1) is 12.9. The molecule has 3 rings (SSSR count). The Bertz CT molecular complexity index is 976. The smallest absolute Gasteiger partial charge is 0.411 e. The van der Waals surface area contributed by atoms with E-state index in [9.17, 15) is 4.79 Å². The van der Waals surface area contributed by atoms with Crippen LogP contribution in [0.25, 0.3) is 22.2 Å². The second-order valence-corrected chi connectivity index (χ2v) is 6.55. The van der Waals surface area contributed by atoms with Gasteiger partial charge in [0.2, 0.25) is 0 Å². The van der Waals surface area contributed by atoms with Gasteiger partial charge in [-0.2, -0.15) is 0 Å². The van der Waals surface area contributed by atoms with Crippen LogP contribution in [-0.2, 0) is 11.3 Å². The standard InChI is InChI=1S/C21H25N3O3/c1-5-24-18-12-16(26-4)9-10-17(18)19(22)20(24)14-7-6-8-15(11-14)23-21(25)27-13(2)3/h6-13H,5,22H2,1-4H3,(H,23,25). The van der Waals surface area contributed by atoms with Crippen LogP contribution in [0.15, 0.2) is 42.5 Å². The number of carbonyl (C=O) groups is 1. The van der Waals surface area contributed by atoms with Gasteiger partial charge in [-0.1, -0.05) is 12.1 Å². The number of methoxy groups -OCH3 is 1. The van der Waals surface area contributed by atoms with Gasteiger partial charge in [-0.3, -0.25) is 5.32 Å². The molecule has 3 aromatic rings. The highest BCUT2D eigenvalue weighted by Gasteiger charge is 2.17. The van der Waals surface area contributed by atoms with Crippen molar-refractivity contribution in [2.24, 2.45) is 0 Å². The van der Waals surface area contributed by atoms with Crippen molar-refractivity contribution in [1.29, 1.82) is 0 Å². The van der Waals surface area contributed by atoms with Gasteiger partial charge in [-0.25, -0.2) is 4.79 Å². The number of hydrogen-bond acceptors (Lipinski definition) is 4. The summed E-state index contributed by atoms with van der Waals surface area (Å²) in [5, 5.41) is 3.74. The molecule has 0 atom stereocenters. The number of aromatic nitrogens is 1. The van der Waals surface area contributed by atoms with Gasteiger partial charge in [0.1, 0.15) is 5.75 Å². The van der Waals surface area contributed by atoms with Crippen LogP contribution in [-0.4, -0.2) is 23.9 Å². The molecule has 0 spiro atoms. The van der Waals surface area contributed by atoms with Crippen molar-refractivity contribution in [2.45, 2.75) is 33.4 Å². The van der Waals surface area contributed by atoms with E-state index in [4.69, 9.17) is 15.2 Å². The van der Waals surface area contributed by atoms with Gasteiger partial charge in [-0.05, 0) is 45.0 Å². The molecule has 0 saturated carbocycles. The average molecular weight is 367 g/mol. The summed E-state index contributed by atoms with van der Waals surface area (Å²) in [7, 11) is 1.65. The summed E-state index contributed by atoms with van der Waals surface area (Å²) in [5.41, 5.74) is 10.7. The third kappa shape index (κ3) is 3.69. The number of rotatable bonds is 5. The molecule has 0 aliphatic rings.